The van der Waals surface area contributed by atoms with Crippen molar-refractivity contribution in [1.29, 1.82) is 0 Å². The van der Waals surface area contributed by atoms with Crippen molar-refractivity contribution in [3.63, 3.8) is 0 Å². The highest BCUT2D eigenvalue weighted by atomic mass is 35.5. The number of carbonyl (C=O) groups is 2. The lowest BCUT2D eigenvalue weighted by molar-refractivity contribution is -0.140. The van der Waals surface area contributed by atoms with E-state index in [9.17, 15) is 14.4 Å². The Morgan fingerprint density at radius 1 is 1.14 bits per heavy atom. The van der Waals surface area contributed by atoms with E-state index in [4.69, 9.17) is 20.8 Å². The molecule has 1 unspecified atom stereocenters. The molecule has 1 atom stereocenters. The molecule has 0 saturated carbocycles. The highest BCUT2D eigenvalue weighted by Gasteiger charge is 2.22. The van der Waals surface area contributed by atoms with Crippen LogP contribution in [0.25, 0.3) is 11.0 Å². The zero-order chi connectivity index (χ0) is 21.0. The van der Waals surface area contributed by atoms with E-state index in [0.29, 0.717) is 22.1 Å². The third kappa shape index (κ3) is 4.84. The molecule has 0 amide bonds. The van der Waals surface area contributed by atoms with Crippen LogP contribution in [0.2, 0.25) is 0 Å². The molecule has 0 aliphatic rings. The van der Waals surface area contributed by atoms with Crippen molar-refractivity contribution in [1.82, 2.24) is 0 Å². The fraction of sp³-hybridized carbons (Fsp3) is 0.227. The Bertz CT molecular complexity index is 1100. The maximum Gasteiger partial charge on any atom is 0.336 e. The molecule has 7 heteroatoms. The molecule has 0 spiro atoms. The van der Waals surface area contributed by atoms with Gasteiger partial charge in [0.15, 0.2) is 5.38 Å². The molecule has 6 nitrogen and oxygen atoms in total. The Morgan fingerprint density at radius 3 is 2.55 bits per heavy atom. The number of esters is 2. The molecule has 1 heterocycles. The van der Waals surface area contributed by atoms with Crippen molar-refractivity contribution in [3.8, 4) is 5.75 Å². The smallest absolute Gasteiger partial charge is 0.336 e. The Hall–Kier alpha value is -3.12. The minimum Gasteiger partial charge on any atom is -0.469 e. The summed E-state index contributed by atoms with van der Waals surface area (Å²) >= 11 is 6.26. The Kier molecular flexibility index (Phi) is 6.34. The first-order chi connectivity index (χ1) is 13.9. The highest BCUT2D eigenvalue weighted by molar-refractivity contribution is 6.30. The normalized spacial score (nSPS) is 11.8. The summed E-state index contributed by atoms with van der Waals surface area (Å²) in [6.07, 6.45) is 0.382. The number of fused-ring (bicyclic) bond motifs is 1. The maximum absolute atomic E-state index is 12.6. The second-order valence-electron chi connectivity index (χ2n) is 6.48. The summed E-state index contributed by atoms with van der Waals surface area (Å²) in [5, 5.41) is -0.320. The van der Waals surface area contributed by atoms with Crippen LogP contribution in [-0.4, -0.2) is 19.0 Å². The number of alkyl halides is 1. The molecule has 3 aromatic rings. The molecule has 0 radical (unpaired) electrons. The zero-order valence-electron chi connectivity index (χ0n) is 15.9. The van der Waals surface area contributed by atoms with Gasteiger partial charge < -0.3 is 13.9 Å². The number of benzene rings is 2. The SMILES string of the molecule is COC(=O)CCc1cc2c(C)cc(=O)oc2cc1OC(=O)C(Cl)c1ccccc1. The van der Waals surface area contributed by atoms with Crippen LogP contribution >= 0.6 is 11.6 Å². The number of halogens is 1. The van der Waals surface area contributed by atoms with Gasteiger partial charge in [-0.3, -0.25) is 4.79 Å². The topological polar surface area (TPSA) is 82.8 Å². The van der Waals surface area contributed by atoms with Crippen LogP contribution in [0.3, 0.4) is 0 Å². The molecule has 0 saturated heterocycles. The van der Waals surface area contributed by atoms with Gasteiger partial charge in [-0.05, 0) is 36.1 Å². The molecule has 1 aromatic heterocycles. The molecule has 0 aliphatic heterocycles. The summed E-state index contributed by atoms with van der Waals surface area (Å²) in [6.45, 7) is 1.78. The van der Waals surface area contributed by atoms with E-state index in [2.05, 4.69) is 4.74 Å². The van der Waals surface area contributed by atoms with Crippen LogP contribution in [0.5, 0.6) is 5.75 Å². The fourth-order valence-electron chi connectivity index (χ4n) is 2.94. The molecular weight excluding hydrogens is 396 g/mol. The maximum atomic E-state index is 12.6. The van der Waals surface area contributed by atoms with E-state index in [-0.39, 0.29) is 24.2 Å². The largest absolute Gasteiger partial charge is 0.469 e. The van der Waals surface area contributed by atoms with E-state index >= 15 is 0 Å². The lowest BCUT2D eigenvalue weighted by Gasteiger charge is -2.14. The van der Waals surface area contributed by atoms with Gasteiger partial charge in [0.1, 0.15) is 11.3 Å². The van der Waals surface area contributed by atoms with Crippen LogP contribution in [0, 0.1) is 6.92 Å². The van der Waals surface area contributed by atoms with Gasteiger partial charge >= 0.3 is 17.6 Å². The molecular formula is C22H19ClO6. The molecule has 0 bridgehead atoms. The Labute approximate surface area is 172 Å². The zero-order valence-corrected chi connectivity index (χ0v) is 16.7. The third-order valence-electron chi connectivity index (χ3n) is 4.47. The lowest BCUT2D eigenvalue weighted by Crippen LogP contribution is -2.16. The van der Waals surface area contributed by atoms with Crippen LogP contribution in [-0.2, 0) is 20.7 Å². The number of hydrogen-bond acceptors (Lipinski definition) is 6. The first-order valence-electron chi connectivity index (χ1n) is 8.94. The van der Waals surface area contributed by atoms with E-state index in [1.165, 1.54) is 19.2 Å². The van der Waals surface area contributed by atoms with Gasteiger partial charge in [0, 0.05) is 23.9 Å². The van der Waals surface area contributed by atoms with E-state index in [0.717, 1.165) is 0 Å². The van der Waals surface area contributed by atoms with Gasteiger partial charge in [0.2, 0.25) is 0 Å². The predicted octanol–water partition coefficient (Wildman–Crippen LogP) is 4.09. The van der Waals surface area contributed by atoms with Crippen LogP contribution in [0.15, 0.2) is 57.7 Å². The van der Waals surface area contributed by atoms with Gasteiger partial charge in [-0.1, -0.05) is 30.3 Å². The quantitative estimate of drug-likeness (QED) is 0.261. The number of rotatable bonds is 6. The van der Waals surface area contributed by atoms with Crippen molar-refractivity contribution >= 4 is 34.5 Å². The van der Waals surface area contributed by atoms with Gasteiger partial charge in [0.05, 0.1) is 7.11 Å². The number of carbonyl (C=O) groups excluding carboxylic acids is 2. The van der Waals surface area contributed by atoms with Crippen LogP contribution in [0.1, 0.15) is 28.5 Å². The standard InChI is InChI=1S/C22H19ClO6/c1-13-10-20(25)28-18-12-17(15(11-16(13)18)8-9-19(24)27-2)29-22(26)21(23)14-6-4-3-5-7-14/h3-7,10-12,21H,8-9H2,1-2H3. The summed E-state index contributed by atoms with van der Waals surface area (Å²) in [7, 11) is 1.31. The first-order valence-corrected chi connectivity index (χ1v) is 9.37. The van der Waals surface area contributed by atoms with Crippen molar-refractivity contribution in [3.05, 3.63) is 75.6 Å². The van der Waals surface area contributed by atoms with Crippen LogP contribution in [0.4, 0.5) is 0 Å². The average Bonchev–Trinajstić information content (AvgIpc) is 2.72. The predicted molar refractivity (Wildman–Crippen MR) is 108 cm³/mol. The van der Waals surface area contributed by atoms with E-state index in [1.807, 2.05) is 6.07 Å². The first kappa shape index (κ1) is 20.6. The van der Waals surface area contributed by atoms with Gasteiger partial charge in [-0.25, -0.2) is 9.59 Å². The second-order valence-corrected chi connectivity index (χ2v) is 6.91. The lowest BCUT2D eigenvalue weighted by atomic mass is 10.0. The van der Waals surface area contributed by atoms with Gasteiger partial charge in [-0.2, -0.15) is 0 Å². The molecule has 150 valence electrons. The second kappa shape index (κ2) is 8.92. The van der Waals surface area contributed by atoms with Gasteiger partial charge in [0.25, 0.3) is 0 Å². The summed E-state index contributed by atoms with van der Waals surface area (Å²) in [6, 6.07) is 13.4. The molecule has 2 aromatic carbocycles. The highest BCUT2D eigenvalue weighted by Crippen LogP contribution is 2.31. The van der Waals surface area contributed by atoms with Gasteiger partial charge in [-0.15, -0.1) is 11.6 Å². The summed E-state index contributed by atoms with van der Waals surface area (Å²) in [4.78, 5) is 35.9. The minimum atomic E-state index is -1.01. The Balaban J connectivity index is 1.98. The Morgan fingerprint density at radius 2 is 1.86 bits per heavy atom. The number of hydrogen-bond donors (Lipinski definition) is 0. The number of aryl methyl sites for hydroxylation is 2. The van der Waals surface area contributed by atoms with Crippen molar-refractivity contribution in [2.24, 2.45) is 0 Å². The molecule has 3 rings (SSSR count). The van der Waals surface area contributed by atoms with E-state index in [1.54, 1.807) is 37.3 Å². The minimum absolute atomic E-state index is 0.103. The van der Waals surface area contributed by atoms with Crippen LogP contribution < -0.4 is 10.4 Å². The van der Waals surface area contributed by atoms with Crippen molar-refractivity contribution < 1.29 is 23.5 Å². The average molecular weight is 415 g/mol. The summed E-state index contributed by atoms with van der Waals surface area (Å²) < 4.78 is 15.5. The molecule has 29 heavy (non-hydrogen) atoms. The molecule has 0 N–H and O–H groups in total. The third-order valence-corrected chi connectivity index (χ3v) is 4.90. The number of ether oxygens (including phenoxy) is 2. The van der Waals surface area contributed by atoms with Crippen molar-refractivity contribution in [2.75, 3.05) is 7.11 Å². The summed E-state index contributed by atoms with van der Waals surface area (Å²) in [5.74, 6) is -0.883. The van der Waals surface area contributed by atoms with E-state index < -0.39 is 22.9 Å². The number of methoxy groups -OCH3 is 1. The monoisotopic (exact) mass is 414 g/mol. The molecule has 0 fully saturated rings. The molecule has 0 aliphatic carbocycles. The fourth-order valence-corrected chi connectivity index (χ4v) is 3.13. The van der Waals surface area contributed by atoms with Crippen molar-refractivity contribution in [2.45, 2.75) is 25.1 Å². The summed E-state index contributed by atoms with van der Waals surface area (Å²) in [5.41, 5.74) is 1.69.